The van der Waals surface area contributed by atoms with Gasteiger partial charge in [-0.15, -0.1) is 0 Å². The summed E-state index contributed by atoms with van der Waals surface area (Å²) in [6.45, 7) is 4.89. The molecule has 1 N–H and O–H groups in total. The maximum atomic E-state index is 10.8. The number of hydrogen-bond acceptors (Lipinski definition) is 3. The molecule has 2 saturated carbocycles. The van der Waals surface area contributed by atoms with E-state index in [-0.39, 0.29) is 11.5 Å². The Bertz CT molecular complexity index is 259. The standard InChI is InChI=1S/C13H23NO2/c1-9(2)10-5-6-11-12(15)4-3-7-13(10,11)8-14-16/h9-12,15H,3-8H2,1-2H3/t10-,11+,12+,13+/m1/s1. The van der Waals surface area contributed by atoms with Gasteiger partial charge in [0.25, 0.3) is 0 Å². The third-order valence-corrected chi connectivity index (χ3v) is 5.04. The molecule has 3 nitrogen and oxygen atoms in total. The second-order valence-corrected chi connectivity index (χ2v) is 6.01. The second-order valence-electron chi connectivity index (χ2n) is 6.01. The molecule has 0 heterocycles. The number of nitrogens with zero attached hydrogens (tertiary/aromatic N) is 1. The van der Waals surface area contributed by atoms with Crippen LogP contribution in [-0.4, -0.2) is 17.8 Å². The average molecular weight is 225 g/mol. The lowest BCUT2D eigenvalue weighted by Gasteiger charge is -2.45. The fourth-order valence-corrected chi connectivity index (χ4v) is 4.43. The van der Waals surface area contributed by atoms with Gasteiger partial charge in [-0.3, -0.25) is 0 Å². The Morgan fingerprint density at radius 2 is 2.12 bits per heavy atom. The molecule has 0 unspecified atom stereocenters. The van der Waals surface area contributed by atoms with E-state index in [0.717, 1.165) is 32.1 Å². The van der Waals surface area contributed by atoms with Gasteiger partial charge in [0.1, 0.15) is 0 Å². The molecule has 0 aromatic rings. The van der Waals surface area contributed by atoms with Crippen LogP contribution in [-0.2, 0) is 0 Å². The Labute approximate surface area is 97.6 Å². The van der Waals surface area contributed by atoms with Crippen molar-refractivity contribution in [2.75, 3.05) is 6.54 Å². The Morgan fingerprint density at radius 3 is 2.75 bits per heavy atom. The zero-order chi connectivity index (χ0) is 11.8. The number of aliphatic hydroxyl groups is 1. The van der Waals surface area contributed by atoms with Gasteiger partial charge in [-0.05, 0) is 43.4 Å². The summed E-state index contributed by atoms with van der Waals surface area (Å²) in [6.07, 6.45) is 5.10. The summed E-state index contributed by atoms with van der Waals surface area (Å²) in [5.74, 6) is 1.49. The first kappa shape index (κ1) is 12.0. The van der Waals surface area contributed by atoms with Crippen LogP contribution in [0.5, 0.6) is 0 Å². The molecule has 0 radical (unpaired) electrons. The molecule has 2 aliphatic rings. The molecule has 0 aliphatic heterocycles. The summed E-state index contributed by atoms with van der Waals surface area (Å²) in [5, 5.41) is 13.3. The highest BCUT2D eigenvalue weighted by molar-refractivity contribution is 5.04. The van der Waals surface area contributed by atoms with Gasteiger partial charge in [0.15, 0.2) is 0 Å². The predicted octanol–water partition coefficient (Wildman–Crippen LogP) is 2.97. The van der Waals surface area contributed by atoms with Crippen molar-refractivity contribution in [3.63, 3.8) is 0 Å². The van der Waals surface area contributed by atoms with Gasteiger partial charge < -0.3 is 5.11 Å². The molecule has 2 aliphatic carbocycles. The molecule has 16 heavy (non-hydrogen) atoms. The van der Waals surface area contributed by atoms with Crippen LogP contribution in [0.3, 0.4) is 0 Å². The van der Waals surface area contributed by atoms with Crippen molar-refractivity contribution < 1.29 is 5.11 Å². The van der Waals surface area contributed by atoms with E-state index in [2.05, 4.69) is 19.0 Å². The van der Waals surface area contributed by atoms with Crippen LogP contribution in [0.15, 0.2) is 5.18 Å². The number of nitroso groups, excluding NO2 is 1. The van der Waals surface area contributed by atoms with Crippen molar-refractivity contribution in [1.82, 2.24) is 0 Å². The number of aliphatic hydroxyl groups excluding tert-OH is 1. The summed E-state index contributed by atoms with van der Waals surface area (Å²) < 4.78 is 0. The van der Waals surface area contributed by atoms with Crippen molar-refractivity contribution in [1.29, 1.82) is 0 Å². The molecule has 0 spiro atoms. The van der Waals surface area contributed by atoms with E-state index in [4.69, 9.17) is 0 Å². The van der Waals surface area contributed by atoms with Crippen molar-refractivity contribution in [3.8, 4) is 0 Å². The SMILES string of the molecule is CC(C)[C@H]1CC[C@H]2[C@@H](O)CCC[C@]12CN=O. The van der Waals surface area contributed by atoms with Gasteiger partial charge >= 0.3 is 0 Å². The minimum Gasteiger partial charge on any atom is -0.393 e. The zero-order valence-corrected chi connectivity index (χ0v) is 10.4. The molecule has 0 saturated heterocycles. The molecule has 3 heteroatoms. The second kappa shape index (κ2) is 4.44. The fourth-order valence-electron chi connectivity index (χ4n) is 4.43. The third-order valence-electron chi connectivity index (χ3n) is 5.04. The van der Waals surface area contributed by atoms with Crippen molar-refractivity contribution >= 4 is 0 Å². The summed E-state index contributed by atoms with van der Waals surface area (Å²) in [4.78, 5) is 10.8. The van der Waals surface area contributed by atoms with E-state index >= 15 is 0 Å². The van der Waals surface area contributed by atoms with Gasteiger partial charge in [-0.25, -0.2) is 0 Å². The molecular formula is C13H23NO2. The molecule has 2 rings (SSSR count). The molecule has 0 amide bonds. The smallest absolute Gasteiger partial charge is 0.0873 e. The maximum absolute atomic E-state index is 10.8. The highest BCUT2D eigenvalue weighted by atomic mass is 16.3. The first-order chi connectivity index (χ1) is 7.62. The van der Waals surface area contributed by atoms with E-state index in [9.17, 15) is 10.0 Å². The monoisotopic (exact) mass is 225 g/mol. The summed E-state index contributed by atoms with van der Waals surface area (Å²) >= 11 is 0. The first-order valence-corrected chi connectivity index (χ1v) is 6.59. The highest BCUT2D eigenvalue weighted by Gasteiger charge is 2.54. The third kappa shape index (κ3) is 1.69. The first-order valence-electron chi connectivity index (χ1n) is 6.59. The lowest BCUT2D eigenvalue weighted by Crippen LogP contribution is -2.45. The number of rotatable bonds is 3. The topological polar surface area (TPSA) is 49.7 Å². The molecular weight excluding hydrogens is 202 g/mol. The van der Waals surface area contributed by atoms with Crippen LogP contribution < -0.4 is 0 Å². The van der Waals surface area contributed by atoms with Crippen LogP contribution in [0, 0.1) is 28.1 Å². The fraction of sp³-hybridized carbons (Fsp3) is 1.00. The minimum atomic E-state index is -0.195. The summed E-state index contributed by atoms with van der Waals surface area (Å²) in [5.41, 5.74) is 0.0214. The Balaban J connectivity index is 2.28. The molecule has 0 aromatic carbocycles. The van der Waals surface area contributed by atoms with E-state index < -0.39 is 0 Å². The van der Waals surface area contributed by atoms with Gasteiger partial charge in [0.05, 0.1) is 12.6 Å². The maximum Gasteiger partial charge on any atom is 0.0873 e. The van der Waals surface area contributed by atoms with E-state index in [1.165, 1.54) is 0 Å². The Hall–Kier alpha value is -0.440. The normalized spacial score (nSPS) is 43.4. The van der Waals surface area contributed by atoms with Gasteiger partial charge in [-0.2, -0.15) is 4.91 Å². The van der Waals surface area contributed by atoms with Crippen LogP contribution in [0.4, 0.5) is 0 Å². The zero-order valence-electron chi connectivity index (χ0n) is 10.4. The van der Waals surface area contributed by atoms with Crippen molar-refractivity contribution in [2.45, 2.75) is 52.1 Å². The van der Waals surface area contributed by atoms with Gasteiger partial charge in [-0.1, -0.05) is 25.4 Å². The Kier molecular flexibility index (Phi) is 3.34. The molecule has 2 fully saturated rings. The largest absolute Gasteiger partial charge is 0.393 e. The van der Waals surface area contributed by atoms with E-state index in [1.54, 1.807) is 0 Å². The lowest BCUT2D eigenvalue weighted by atomic mass is 9.61. The highest BCUT2D eigenvalue weighted by Crippen LogP contribution is 2.58. The van der Waals surface area contributed by atoms with E-state index in [0.29, 0.717) is 24.3 Å². The molecule has 0 aromatic heterocycles. The van der Waals surface area contributed by atoms with E-state index in [1.807, 2.05) is 0 Å². The van der Waals surface area contributed by atoms with Crippen molar-refractivity contribution in [2.24, 2.45) is 28.3 Å². The average Bonchev–Trinajstić information content (AvgIpc) is 2.59. The van der Waals surface area contributed by atoms with Crippen LogP contribution in [0.25, 0.3) is 0 Å². The van der Waals surface area contributed by atoms with Gasteiger partial charge in [0, 0.05) is 5.41 Å². The van der Waals surface area contributed by atoms with Crippen LogP contribution in [0.1, 0.15) is 46.0 Å². The van der Waals surface area contributed by atoms with Crippen molar-refractivity contribution in [3.05, 3.63) is 4.91 Å². The molecule has 92 valence electrons. The van der Waals surface area contributed by atoms with Crippen LogP contribution >= 0.6 is 0 Å². The molecule has 0 bridgehead atoms. The predicted molar refractivity (Wildman–Crippen MR) is 64.0 cm³/mol. The van der Waals surface area contributed by atoms with Crippen LogP contribution in [0.2, 0.25) is 0 Å². The number of hydrogen-bond donors (Lipinski definition) is 1. The Morgan fingerprint density at radius 1 is 1.38 bits per heavy atom. The molecule has 4 atom stereocenters. The minimum absolute atomic E-state index is 0.0214. The lowest BCUT2D eigenvalue weighted by molar-refractivity contribution is -0.0311. The van der Waals surface area contributed by atoms with Gasteiger partial charge in [0.2, 0.25) is 0 Å². The summed E-state index contributed by atoms with van der Waals surface area (Å²) in [6, 6.07) is 0. The summed E-state index contributed by atoms with van der Waals surface area (Å²) in [7, 11) is 0. The quantitative estimate of drug-likeness (QED) is 0.751. The number of fused-ring (bicyclic) bond motifs is 1.